The number of carbonyl (C=O) groups excluding carboxylic acids is 2. The quantitative estimate of drug-likeness (QED) is 0.579. The van der Waals surface area contributed by atoms with E-state index in [1.54, 1.807) is 19.1 Å². The molecule has 0 radical (unpaired) electrons. The van der Waals surface area contributed by atoms with Crippen LogP contribution in [0.5, 0.6) is 0 Å². The number of aryl methyl sites for hydroxylation is 1. The van der Waals surface area contributed by atoms with Crippen LogP contribution >= 0.6 is 34.7 Å². The van der Waals surface area contributed by atoms with E-state index in [0.717, 1.165) is 5.56 Å². The van der Waals surface area contributed by atoms with E-state index in [-0.39, 0.29) is 18.3 Å². The van der Waals surface area contributed by atoms with Crippen molar-refractivity contribution in [2.45, 2.75) is 18.2 Å². The molecule has 24 heavy (non-hydrogen) atoms. The predicted octanol–water partition coefficient (Wildman–Crippen LogP) is 3.80. The first kappa shape index (κ1) is 18.5. The molecule has 0 saturated carbocycles. The van der Waals surface area contributed by atoms with Crippen LogP contribution in [0.25, 0.3) is 0 Å². The van der Waals surface area contributed by atoms with Crippen LogP contribution in [-0.2, 0) is 9.53 Å². The molecule has 128 valence electrons. The number of aromatic nitrogens is 2. The van der Waals surface area contributed by atoms with Crippen LogP contribution in [0, 0.1) is 6.92 Å². The predicted molar refractivity (Wildman–Crippen MR) is 96.1 cm³/mol. The van der Waals surface area contributed by atoms with E-state index in [0.29, 0.717) is 20.2 Å². The minimum Gasteiger partial charge on any atom is -0.450 e. The van der Waals surface area contributed by atoms with Crippen LogP contribution in [0.15, 0.2) is 22.5 Å². The monoisotopic (exact) mass is 386 g/mol. The van der Waals surface area contributed by atoms with Gasteiger partial charge in [0.05, 0.1) is 12.4 Å². The zero-order valence-electron chi connectivity index (χ0n) is 13.0. The second kappa shape index (κ2) is 8.86. The van der Waals surface area contributed by atoms with Crippen molar-refractivity contribution in [3.8, 4) is 0 Å². The Bertz CT molecular complexity index is 739. The van der Waals surface area contributed by atoms with Gasteiger partial charge in [-0.2, -0.15) is 0 Å². The summed E-state index contributed by atoms with van der Waals surface area (Å²) in [6.07, 6.45) is -0.584. The van der Waals surface area contributed by atoms with E-state index in [1.807, 2.05) is 13.0 Å². The van der Waals surface area contributed by atoms with Gasteiger partial charge in [0.2, 0.25) is 11.0 Å². The molecule has 2 N–H and O–H groups in total. The zero-order valence-corrected chi connectivity index (χ0v) is 15.3. The third-order valence-corrected chi connectivity index (χ3v) is 4.90. The summed E-state index contributed by atoms with van der Waals surface area (Å²) in [5.41, 5.74) is 1.60. The lowest BCUT2D eigenvalue weighted by Crippen LogP contribution is -2.14. The molecule has 0 fully saturated rings. The van der Waals surface area contributed by atoms with Crippen LogP contribution in [0.3, 0.4) is 0 Å². The summed E-state index contributed by atoms with van der Waals surface area (Å²) in [6.45, 7) is 3.87. The highest BCUT2D eigenvalue weighted by atomic mass is 35.5. The average Bonchev–Trinajstić information content (AvgIpc) is 2.96. The lowest BCUT2D eigenvalue weighted by Gasteiger charge is -2.07. The molecule has 0 aliphatic rings. The SMILES string of the molecule is CCOC(=O)Nc1nnc(SCC(=O)Nc2cc(Cl)ccc2C)s1. The number of anilines is 2. The molecule has 10 heteroatoms. The van der Waals surface area contributed by atoms with Crippen molar-refractivity contribution < 1.29 is 14.3 Å². The van der Waals surface area contributed by atoms with Crippen LogP contribution < -0.4 is 10.6 Å². The fourth-order valence-electron chi connectivity index (χ4n) is 1.62. The first-order valence-corrected chi connectivity index (χ1v) is 9.12. The number of rotatable bonds is 6. The van der Waals surface area contributed by atoms with Crippen LogP contribution in [-0.4, -0.2) is 34.6 Å². The van der Waals surface area contributed by atoms with E-state index in [2.05, 4.69) is 20.8 Å². The Kier molecular flexibility index (Phi) is 6.83. The smallest absolute Gasteiger partial charge is 0.413 e. The maximum atomic E-state index is 12.0. The molecule has 0 bridgehead atoms. The summed E-state index contributed by atoms with van der Waals surface area (Å²) >= 11 is 8.32. The fraction of sp³-hybridized carbons (Fsp3) is 0.286. The molecule has 0 saturated heterocycles. The molecular formula is C14H15ClN4O3S2. The number of thioether (sulfide) groups is 1. The van der Waals surface area contributed by atoms with Gasteiger partial charge in [0.15, 0.2) is 4.34 Å². The first-order chi connectivity index (χ1) is 11.5. The van der Waals surface area contributed by atoms with Crippen molar-refractivity contribution in [1.29, 1.82) is 0 Å². The molecule has 0 aliphatic heterocycles. The maximum absolute atomic E-state index is 12.0. The summed E-state index contributed by atoms with van der Waals surface area (Å²) in [4.78, 5) is 23.3. The van der Waals surface area contributed by atoms with E-state index in [1.165, 1.54) is 23.1 Å². The number of halogens is 1. The van der Waals surface area contributed by atoms with Gasteiger partial charge < -0.3 is 10.1 Å². The highest BCUT2D eigenvalue weighted by Crippen LogP contribution is 2.26. The molecule has 2 amide bonds. The Morgan fingerprint density at radius 3 is 2.88 bits per heavy atom. The van der Waals surface area contributed by atoms with Crippen LogP contribution in [0.1, 0.15) is 12.5 Å². The van der Waals surface area contributed by atoms with Crippen molar-refractivity contribution >= 4 is 57.5 Å². The number of hydrogen-bond acceptors (Lipinski definition) is 7. The topological polar surface area (TPSA) is 93.2 Å². The van der Waals surface area contributed by atoms with Gasteiger partial charge in [0.1, 0.15) is 0 Å². The van der Waals surface area contributed by atoms with Crippen LogP contribution in [0.2, 0.25) is 5.02 Å². The summed E-state index contributed by atoms with van der Waals surface area (Å²) in [7, 11) is 0. The fourth-order valence-corrected chi connectivity index (χ4v) is 3.33. The molecular weight excluding hydrogens is 372 g/mol. The van der Waals surface area contributed by atoms with E-state index >= 15 is 0 Å². The molecule has 7 nitrogen and oxygen atoms in total. The van der Waals surface area contributed by atoms with Crippen molar-refractivity contribution in [1.82, 2.24) is 10.2 Å². The molecule has 0 spiro atoms. The second-order valence-corrected chi connectivity index (χ2v) is 7.15. The number of benzene rings is 1. The Hall–Kier alpha value is -1.84. The molecule has 0 atom stereocenters. The normalized spacial score (nSPS) is 10.3. The summed E-state index contributed by atoms with van der Waals surface area (Å²) in [6, 6.07) is 5.30. The van der Waals surface area contributed by atoms with Gasteiger partial charge in [-0.15, -0.1) is 10.2 Å². The molecule has 0 aliphatic carbocycles. The molecule has 2 rings (SSSR count). The summed E-state index contributed by atoms with van der Waals surface area (Å²) < 4.78 is 5.32. The minimum absolute atomic E-state index is 0.167. The summed E-state index contributed by atoms with van der Waals surface area (Å²) in [5, 5.41) is 13.9. The largest absolute Gasteiger partial charge is 0.450 e. The van der Waals surface area contributed by atoms with Gasteiger partial charge in [0, 0.05) is 10.7 Å². The molecule has 1 heterocycles. The van der Waals surface area contributed by atoms with Crippen molar-refractivity contribution in [3.63, 3.8) is 0 Å². The lowest BCUT2D eigenvalue weighted by molar-refractivity contribution is -0.113. The van der Waals surface area contributed by atoms with Gasteiger partial charge in [0.25, 0.3) is 0 Å². The average molecular weight is 387 g/mol. The molecule has 2 aromatic rings. The highest BCUT2D eigenvalue weighted by Gasteiger charge is 2.11. The first-order valence-electron chi connectivity index (χ1n) is 6.94. The second-order valence-electron chi connectivity index (χ2n) is 4.51. The van der Waals surface area contributed by atoms with Gasteiger partial charge in [-0.3, -0.25) is 10.1 Å². The van der Waals surface area contributed by atoms with Crippen molar-refractivity contribution in [3.05, 3.63) is 28.8 Å². The Morgan fingerprint density at radius 1 is 1.33 bits per heavy atom. The van der Waals surface area contributed by atoms with Crippen molar-refractivity contribution in [2.24, 2.45) is 0 Å². The van der Waals surface area contributed by atoms with Crippen LogP contribution in [0.4, 0.5) is 15.6 Å². The molecule has 0 unspecified atom stereocenters. The van der Waals surface area contributed by atoms with E-state index < -0.39 is 6.09 Å². The number of amides is 2. The van der Waals surface area contributed by atoms with Gasteiger partial charge in [-0.1, -0.05) is 40.8 Å². The number of ether oxygens (including phenoxy) is 1. The Labute approximate surface area is 152 Å². The summed E-state index contributed by atoms with van der Waals surface area (Å²) in [5.74, 6) is -0.0135. The van der Waals surface area contributed by atoms with Gasteiger partial charge in [-0.25, -0.2) is 4.79 Å². The number of nitrogens with one attached hydrogen (secondary N) is 2. The standard InChI is InChI=1S/C14H15ClN4O3S2/c1-3-22-13(21)17-12-18-19-14(24-12)23-7-11(20)16-10-6-9(15)5-4-8(10)2/h4-6H,3,7H2,1-2H3,(H,16,20)(H,17,18,21). The Balaban J connectivity index is 1.85. The number of nitrogens with zero attached hydrogens (tertiary/aromatic N) is 2. The third-order valence-electron chi connectivity index (χ3n) is 2.69. The molecule has 1 aromatic carbocycles. The Morgan fingerprint density at radius 2 is 2.12 bits per heavy atom. The van der Waals surface area contributed by atoms with Crippen molar-refractivity contribution in [2.75, 3.05) is 23.0 Å². The van der Waals surface area contributed by atoms with E-state index in [9.17, 15) is 9.59 Å². The maximum Gasteiger partial charge on any atom is 0.413 e. The number of carbonyl (C=O) groups is 2. The van der Waals surface area contributed by atoms with Gasteiger partial charge >= 0.3 is 6.09 Å². The number of hydrogen-bond donors (Lipinski definition) is 2. The molecule has 1 aromatic heterocycles. The third kappa shape index (κ3) is 5.66. The lowest BCUT2D eigenvalue weighted by atomic mass is 10.2. The minimum atomic E-state index is -0.584. The zero-order chi connectivity index (χ0) is 17.5. The highest BCUT2D eigenvalue weighted by molar-refractivity contribution is 8.01. The van der Waals surface area contributed by atoms with Gasteiger partial charge in [-0.05, 0) is 31.5 Å². The van der Waals surface area contributed by atoms with E-state index in [4.69, 9.17) is 16.3 Å².